The highest BCUT2D eigenvalue weighted by molar-refractivity contribution is 5.83. The molecule has 1 amide bonds. The van der Waals surface area contributed by atoms with Gasteiger partial charge in [-0.2, -0.15) is 0 Å². The van der Waals surface area contributed by atoms with Crippen LogP contribution in [0.3, 0.4) is 0 Å². The van der Waals surface area contributed by atoms with Gasteiger partial charge >= 0.3 is 0 Å². The van der Waals surface area contributed by atoms with Gasteiger partial charge < -0.3 is 14.7 Å². The normalized spacial score (nSPS) is 24.2. The van der Waals surface area contributed by atoms with Gasteiger partial charge in [-0.25, -0.2) is 0 Å². The Kier molecular flexibility index (Phi) is 3.33. The van der Waals surface area contributed by atoms with Gasteiger partial charge in [0.1, 0.15) is 11.9 Å². The molecule has 1 aliphatic rings. The number of hydrogen-bond acceptors (Lipinski definition) is 3. The van der Waals surface area contributed by atoms with Crippen molar-refractivity contribution >= 4 is 5.91 Å². The van der Waals surface area contributed by atoms with Crippen LogP contribution in [0.2, 0.25) is 0 Å². The molecule has 2 rings (SSSR count). The van der Waals surface area contributed by atoms with Crippen LogP contribution in [0.4, 0.5) is 0 Å². The van der Waals surface area contributed by atoms with Gasteiger partial charge in [0.15, 0.2) is 0 Å². The molecular formula is C13H17NO3. The van der Waals surface area contributed by atoms with Crippen LogP contribution < -0.4 is 4.74 Å². The van der Waals surface area contributed by atoms with Gasteiger partial charge in [-0.1, -0.05) is 12.1 Å². The summed E-state index contributed by atoms with van der Waals surface area (Å²) in [5.74, 6) is 0.618. The summed E-state index contributed by atoms with van der Waals surface area (Å²) < 4.78 is 5.36. The monoisotopic (exact) mass is 235 g/mol. The van der Waals surface area contributed by atoms with Crippen LogP contribution in [-0.2, 0) is 4.79 Å². The fourth-order valence-corrected chi connectivity index (χ4v) is 2.17. The predicted octanol–water partition coefficient (Wildman–Crippen LogP) is 1.35. The maximum Gasteiger partial charge on any atom is 0.251 e. The summed E-state index contributed by atoms with van der Waals surface area (Å²) in [5, 5.41) is 9.52. The number of amides is 1. The number of likely N-dealkylation sites (N-methyl/N-ethyl adjacent to an activating group) is 1. The fourth-order valence-electron chi connectivity index (χ4n) is 2.17. The zero-order valence-electron chi connectivity index (χ0n) is 10.1. The third-order valence-electron chi connectivity index (χ3n) is 3.12. The van der Waals surface area contributed by atoms with Gasteiger partial charge in [0.25, 0.3) is 5.91 Å². The Bertz CT molecular complexity index is 402. The van der Waals surface area contributed by atoms with E-state index in [1.165, 1.54) is 0 Å². The molecule has 1 fully saturated rings. The highest BCUT2D eigenvalue weighted by atomic mass is 16.5. The Balaban J connectivity index is 2.15. The van der Waals surface area contributed by atoms with Crippen molar-refractivity contribution in [3.63, 3.8) is 0 Å². The van der Waals surface area contributed by atoms with E-state index in [2.05, 4.69) is 0 Å². The number of ether oxygens (including phenoxy) is 1. The van der Waals surface area contributed by atoms with Crippen molar-refractivity contribution in [2.45, 2.75) is 25.5 Å². The van der Waals surface area contributed by atoms with Crippen LogP contribution in [0.5, 0.6) is 5.75 Å². The number of aliphatic hydroxyl groups excluding tert-OH is 1. The molecule has 0 aromatic heterocycles. The topological polar surface area (TPSA) is 49.8 Å². The molecule has 4 heteroatoms. The lowest BCUT2D eigenvalue weighted by molar-refractivity contribution is -0.134. The van der Waals surface area contributed by atoms with E-state index >= 15 is 0 Å². The van der Waals surface area contributed by atoms with Crippen LogP contribution in [0.1, 0.15) is 24.9 Å². The first-order chi connectivity index (χ1) is 8.13. The standard InChI is InChI=1S/C13H17NO3/c1-3-17-10-6-4-9(5-7-10)11-8-12(15)13(16)14(11)2/h4-7,11-12,15H,3,8H2,1-2H3/t11-,12-/m0/s1. The van der Waals surface area contributed by atoms with Gasteiger partial charge in [0.05, 0.1) is 12.6 Å². The second-order valence-electron chi connectivity index (χ2n) is 4.22. The Morgan fingerprint density at radius 3 is 2.53 bits per heavy atom. The van der Waals surface area contributed by atoms with Crippen molar-refractivity contribution in [3.8, 4) is 5.75 Å². The van der Waals surface area contributed by atoms with Crippen LogP contribution in [-0.4, -0.2) is 35.7 Å². The number of aliphatic hydroxyl groups is 1. The smallest absolute Gasteiger partial charge is 0.251 e. The van der Waals surface area contributed by atoms with E-state index in [9.17, 15) is 9.90 Å². The van der Waals surface area contributed by atoms with Gasteiger partial charge in [0, 0.05) is 13.5 Å². The zero-order chi connectivity index (χ0) is 12.4. The molecule has 0 unspecified atom stereocenters. The maximum absolute atomic E-state index is 11.5. The minimum absolute atomic E-state index is 0.0341. The minimum Gasteiger partial charge on any atom is -0.494 e. The van der Waals surface area contributed by atoms with Gasteiger partial charge in [-0.3, -0.25) is 4.79 Å². The van der Waals surface area contributed by atoms with E-state index in [1.807, 2.05) is 31.2 Å². The van der Waals surface area contributed by atoms with Crippen molar-refractivity contribution in [3.05, 3.63) is 29.8 Å². The molecule has 0 bridgehead atoms. The largest absolute Gasteiger partial charge is 0.494 e. The number of nitrogens with zero attached hydrogens (tertiary/aromatic N) is 1. The first-order valence-electron chi connectivity index (χ1n) is 5.81. The molecule has 0 aliphatic carbocycles. The number of carbonyl (C=O) groups is 1. The number of likely N-dealkylation sites (tertiary alicyclic amines) is 1. The number of rotatable bonds is 3. The van der Waals surface area contributed by atoms with E-state index in [0.29, 0.717) is 13.0 Å². The lowest BCUT2D eigenvalue weighted by Gasteiger charge is -2.19. The van der Waals surface area contributed by atoms with E-state index < -0.39 is 6.10 Å². The van der Waals surface area contributed by atoms with Crippen LogP contribution in [0.15, 0.2) is 24.3 Å². The van der Waals surface area contributed by atoms with Crippen molar-refractivity contribution in [1.29, 1.82) is 0 Å². The third-order valence-corrected chi connectivity index (χ3v) is 3.12. The van der Waals surface area contributed by atoms with E-state index in [4.69, 9.17) is 4.74 Å². The first-order valence-corrected chi connectivity index (χ1v) is 5.81. The zero-order valence-corrected chi connectivity index (χ0v) is 10.1. The van der Waals surface area contributed by atoms with Crippen LogP contribution in [0.25, 0.3) is 0 Å². The average Bonchev–Trinajstić information content (AvgIpc) is 2.59. The first kappa shape index (κ1) is 11.9. The van der Waals surface area contributed by atoms with Crippen molar-refractivity contribution in [2.75, 3.05) is 13.7 Å². The second kappa shape index (κ2) is 4.75. The number of carbonyl (C=O) groups excluding carboxylic acids is 1. The summed E-state index contributed by atoms with van der Waals surface area (Å²) in [6.07, 6.45) is -0.403. The lowest BCUT2D eigenvalue weighted by Crippen LogP contribution is -2.26. The van der Waals surface area contributed by atoms with E-state index in [-0.39, 0.29) is 11.9 Å². The molecule has 1 saturated heterocycles. The molecule has 92 valence electrons. The van der Waals surface area contributed by atoms with E-state index in [0.717, 1.165) is 11.3 Å². The highest BCUT2D eigenvalue weighted by Crippen LogP contribution is 2.32. The molecule has 0 radical (unpaired) electrons. The predicted molar refractivity (Wildman–Crippen MR) is 63.7 cm³/mol. The molecule has 1 aliphatic heterocycles. The van der Waals surface area contributed by atoms with Crippen molar-refractivity contribution in [2.24, 2.45) is 0 Å². The molecule has 0 saturated carbocycles. The summed E-state index contributed by atoms with van der Waals surface area (Å²) in [4.78, 5) is 13.1. The molecule has 4 nitrogen and oxygen atoms in total. The third kappa shape index (κ3) is 2.26. The summed E-state index contributed by atoms with van der Waals surface area (Å²) in [6.45, 7) is 2.58. The summed E-state index contributed by atoms with van der Waals surface area (Å²) in [5.41, 5.74) is 1.03. The van der Waals surface area contributed by atoms with Gasteiger partial charge in [-0.05, 0) is 24.6 Å². The summed E-state index contributed by atoms with van der Waals surface area (Å²) in [7, 11) is 1.72. The van der Waals surface area contributed by atoms with Gasteiger partial charge in [0.2, 0.25) is 0 Å². The van der Waals surface area contributed by atoms with Crippen molar-refractivity contribution in [1.82, 2.24) is 4.90 Å². The Hall–Kier alpha value is -1.55. The minimum atomic E-state index is -0.864. The summed E-state index contributed by atoms with van der Waals surface area (Å²) >= 11 is 0. The molecule has 1 aromatic rings. The Morgan fingerprint density at radius 2 is 2.06 bits per heavy atom. The molecule has 0 spiro atoms. The van der Waals surface area contributed by atoms with Gasteiger partial charge in [-0.15, -0.1) is 0 Å². The SMILES string of the molecule is CCOc1ccc([C@@H]2C[C@H](O)C(=O)N2C)cc1. The Morgan fingerprint density at radius 1 is 1.41 bits per heavy atom. The molecule has 1 aromatic carbocycles. The van der Waals surface area contributed by atoms with Crippen molar-refractivity contribution < 1.29 is 14.6 Å². The molecule has 1 heterocycles. The molecule has 17 heavy (non-hydrogen) atoms. The lowest BCUT2D eigenvalue weighted by atomic mass is 10.0. The molecular weight excluding hydrogens is 218 g/mol. The maximum atomic E-state index is 11.5. The van der Waals surface area contributed by atoms with E-state index in [1.54, 1.807) is 11.9 Å². The molecule has 1 N–H and O–H groups in total. The number of benzene rings is 1. The second-order valence-corrected chi connectivity index (χ2v) is 4.22. The van der Waals surface area contributed by atoms with Crippen LogP contribution >= 0.6 is 0 Å². The summed E-state index contributed by atoms with van der Waals surface area (Å²) in [6, 6.07) is 7.63. The average molecular weight is 235 g/mol. The molecule has 2 atom stereocenters. The highest BCUT2D eigenvalue weighted by Gasteiger charge is 2.36. The fraction of sp³-hybridized carbons (Fsp3) is 0.462. The quantitative estimate of drug-likeness (QED) is 0.860. The van der Waals surface area contributed by atoms with Crippen LogP contribution in [0, 0.1) is 0 Å². The Labute approximate surface area is 101 Å². The number of hydrogen-bond donors (Lipinski definition) is 1.